The number of thioether (sulfide) groups is 1. The second-order valence-electron chi connectivity index (χ2n) is 6.20. The van der Waals surface area contributed by atoms with Crippen LogP contribution in [0.4, 0.5) is 0 Å². The summed E-state index contributed by atoms with van der Waals surface area (Å²) < 4.78 is 12.3. The van der Waals surface area contributed by atoms with E-state index in [1.54, 1.807) is 7.05 Å². The molecule has 0 radical (unpaired) electrons. The van der Waals surface area contributed by atoms with Gasteiger partial charge in [-0.15, -0.1) is 0 Å². The lowest BCUT2D eigenvalue weighted by molar-refractivity contribution is -0.121. The van der Waals surface area contributed by atoms with Crippen molar-refractivity contribution in [3.05, 3.63) is 64.1 Å². The molecule has 0 aliphatic carbocycles. The van der Waals surface area contributed by atoms with Gasteiger partial charge in [-0.1, -0.05) is 60.4 Å². The van der Waals surface area contributed by atoms with E-state index >= 15 is 0 Å². The lowest BCUT2D eigenvalue weighted by atomic mass is 10.1. The molecular weight excluding hydrogens is 378 g/mol. The lowest BCUT2D eigenvalue weighted by Gasteiger charge is -2.13. The Labute approximate surface area is 169 Å². The van der Waals surface area contributed by atoms with Crippen LogP contribution < -0.4 is 9.47 Å². The van der Waals surface area contributed by atoms with Crippen LogP contribution in [0.5, 0.6) is 11.5 Å². The number of carbonyl (C=O) groups is 1. The van der Waals surface area contributed by atoms with Gasteiger partial charge < -0.3 is 9.47 Å². The minimum absolute atomic E-state index is 0.0850. The van der Waals surface area contributed by atoms with Crippen LogP contribution in [0.2, 0.25) is 0 Å². The van der Waals surface area contributed by atoms with Crippen molar-refractivity contribution < 1.29 is 14.3 Å². The third kappa shape index (κ3) is 4.51. The smallest absolute Gasteiger partial charge is 0.265 e. The predicted molar refractivity (Wildman–Crippen MR) is 114 cm³/mol. The Morgan fingerprint density at radius 1 is 1.04 bits per heavy atom. The van der Waals surface area contributed by atoms with Crippen molar-refractivity contribution in [3.8, 4) is 11.5 Å². The number of carbonyl (C=O) groups excluding carboxylic acids is 1. The second kappa shape index (κ2) is 8.59. The number of nitrogens with zero attached hydrogens (tertiary/aromatic N) is 1. The zero-order chi connectivity index (χ0) is 19.4. The quantitative estimate of drug-likeness (QED) is 0.403. The molecule has 1 saturated heterocycles. The van der Waals surface area contributed by atoms with E-state index in [4.69, 9.17) is 21.7 Å². The summed E-state index contributed by atoms with van der Waals surface area (Å²) in [4.78, 5) is 14.3. The highest BCUT2D eigenvalue weighted by atomic mass is 32.2. The molecule has 1 heterocycles. The van der Waals surface area contributed by atoms with Crippen LogP contribution in [0, 0.1) is 13.8 Å². The molecule has 2 aromatic carbocycles. The Balaban J connectivity index is 1.65. The summed E-state index contributed by atoms with van der Waals surface area (Å²) in [7, 11) is 1.69. The topological polar surface area (TPSA) is 38.8 Å². The van der Waals surface area contributed by atoms with Crippen LogP contribution in [0.15, 0.2) is 47.4 Å². The summed E-state index contributed by atoms with van der Waals surface area (Å²) >= 11 is 6.48. The van der Waals surface area contributed by atoms with E-state index < -0.39 is 0 Å². The third-order valence-corrected chi connectivity index (χ3v) is 5.67. The molecule has 2 aromatic rings. The zero-order valence-electron chi connectivity index (χ0n) is 15.5. The summed E-state index contributed by atoms with van der Waals surface area (Å²) in [5.74, 6) is 1.53. The van der Waals surface area contributed by atoms with Gasteiger partial charge in [-0.2, -0.15) is 0 Å². The van der Waals surface area contributed by atoms with Gasteiger partial charge in [0.05, 0.1) is 4.91 Å². The first-order chi connectivity index (χ1) is 13.0. The molecule has 1 aliphatic rings. The number of likely N-dealkylation sites (N-methyl/N-ethyl adjacent to an activating group) is 1. The summed E-state index contributed by atoms with van der Waals surface area (Å²) in [6.07, 6.45) is 1.82. The highest BCUT2D eigenvalue weighted by Crippen LogP contribution is 2.33. The lowest BCUT2D eigenvalue weighted by Crippen LogP contribution is -2.22. The number of rotatable bonds is 6. The Morgan fingerprint density at radius 2 is 1.70 bits per heavy atom. The molecule has 0 N–H and O–H groups in total. The fourth-order valence-corrected chi connectivity index (χ4v) is 3.91. The normalized spacial score (nSPS) is 15.5. The molecular formula is C21H21NO3S2. The van der Waals surface area contributed by atoms with Gasteiger partial charge >= 0.3 is 0 Å². The van der Waals surface area contributed by atoms with Crippen molar-refractivity contribution in [2.45, 2.75) is 13.8 Å². The molecule has 140 valence electrons. The Bertz CT molecular complexity index is 888. The molecule has 4 nitrogen and oxygen atoms in total. The summed E-state index contributed by atoms with van der Waals surface area (Å²) in [5.41, 5.74) is 3.06. The van der Waals surface area contributed by atoms with Gasteiger partial charge in [-0.05, 0) is 37.1 Å². The van der Waals surface area contributed by atoms with Crippen molar-refractivity contribution in [3.63, 3.8) is 0 Å². The van der Waals surface area contributed by atoms with Crippen molar-refractivity contribution in [2.24, 2.45) is 0 Å². The predicted octanol–water partition coefficient (Wildman–Crippen LogP) is 4.59. The molecule has 0 unspecified atom stereocenters. The molecule has 0 bridgehead atoms. The molecule has 3 rings (SSSR count). The molecule has 0 saturated carbocycles. The first kappa shape index (κ1) is 19.5. The number of aryl methyl sites for hydroxylation is 2. The van der Waals surface area contributed by atoms with Crippen LogP contribution in [-0.4, -0.2) is 35.4 Å². The van der Waals surface area contributed by atoms with E-state index in [9.17, 15) is 4.79 Å². The molecule has 27 heavy (non-hydrogen) atoms. The minimum atomic E-state index is -0.0850. The van der Waals surface area contributed by atoms with Gasteiger partial charge in [0.25, 0.3) is 5.91 Å². The molecule has 0 spiro atoms. The maximum absolute atomic E-state index is 12.2. The highest BCUT2D eigenvalue weighted by Gasteiger charge is 2.28. The maximum Gasteiger partial charge on any atom is 0.265 e. The Kier molecular flexibility index (Phi) is 6.19. The fourth-order valence-electron chi connectivity index (χ4n) is 2.74. The molecule has 1 aliphatic heterocycles. The minimum Gasteiger partial charge on any atom is -0.489 e. The third-order valence-electron chi connectivity index (χ3n) is 4.19. The van der Waals surface area contributed by atoms with Crippen LogP contribution in [0.3, 0.4) is 0 Å². The SMILES string of the molecule is Cc1cccc(C)c1OCCOc1ccccc1/C=C1\SC(=S)N(C)C1=O. The van der Waals surface area contributed by atoms with Gasteiger partial charge in [0.1, 0.15) is 29.0 Å². The first-order valence-electron chi connectivity index (χ1n) is 8.60. The number of ether oxygens (including phenoxy) is 2. The van der Waals surface area contributed by atoms with E-state index in [2.05, 4.69) is 0 Å². The van der Waals surface area contributed by atoms with Crippen LogP contribution >= 0.6 is 24.0 Å². The number of hydrogen-bond donors (Lipinski definition) is 0. The number of amides is 1. The van der Waals surface area contributed by atoms with Crippen molar-refractivity contribution >= 4 is 40.3 Å². The van der Waals surface area contributed by atoms with E-state index in [1.165, 1.54) is 16.7 Å². The van der Waals surface area contributed by atoms with Crippen molar-refractivity contribution in [1.82, 2.24) is 4.90 Å². The number of hydrogen-bond acceptors (Lipinski definition) is 5. The average molecular weight is 400 g/mol. The summed E-state index contributed by atoms with van der Waals surface area (Å²) in [6.45, 7) is 4.91. The van der Waals surface area contributed by atoms with Crippen molar-refractivity contribution in [1.29, 1.82) is 0 Å². The summed E-state index contributed by atoms with van der Waals surface area (Å²) in [6, 6.07) is 13.7. The average Bonchev–Trinajstić information content (AvgIpc) is 2.89. The van der Waals surface area contributed by atoms with Gasteiger partial charge in [-0.3, -0.25) is 9.69 Å². The second-order valence-corrected chi connectivity index (χ2v) is 7.87. The van der Waals surface area contributed by atoms with E-state index in [1.807, 2.05) is 62.4 Å². The highest BCUT2D eigenvalue weighted by molar-refractivity contribution is 8.26. The van der Waals surface area contributed by atoms with Crippen LogP contribution in [0.1, 0.15) is 16.7 Å². The van der Waals surface area contributed by atoms with Gasteiger partial charge in [-0.25, -0.2) is 0 Å². The molecule has 1 fully saturated rings. The molecule has 0 atom stereocenters. The van der Waals surface area contributed by atoms with Gasteiger partial charge in [0.2, 0.25) is 0 Å². The van der Waals surface area contributed by atoms with E-state index in [-0.39, 0.29) is 5.91 Å². The molecule has 6 heteroatoms. The molecule has 0 aromatic heterocycles. The number of para-hydroxylation sites is 2. The summed E-state index contributed by atoms with van der Waals surface area (Å²) in [5, 5.41) is 0. The van der Waals surface area contributed by atoms with Crippen LogP contribution in [-0.2, 0) is 4.79 Å². The van der Waals surface area contributed by atoms with Crippen LogP contribution in [0.25, 0.3) is 6.08 Å². The maximum atomic E-state index is 12.2. The standard InChI is InChI=1S/C21H21NO3S2/c1-14-7-6-8-15(2)19(14)25-12-11-24-17-10-5-4-9-16(17)13-18-20(23)22(3)21(26)27-18/h4-10,13H,11-12H2,1-3H3/b18-13-. The number of benzene rings is 2. The zero-order valence-corrected chi connectivity index (χ0v) is 17.2. The van der Waals surface area contributed by atoms with Crippen molar-refractivity contribution in [2.75, 3.05) is 20.3 Å². The monoisotopic (exact) mass is 399 g/mol. The van der Waals surface area contributed by atoms with Gasteiger partial charge in [0, 0.05) is 12.6 Å². The number of thiocarbonyl (C=S) groups is 1. The first-order valence-corrected chi connectivity index (χ1v) is 9.82. The largest absolute Gasteiger partial charge is 0.489 e. The molecule has 1 amide bonds. The van der Waals surface area contributed by atoms with Gasteiger partial charge in [0.15, 0.2) is 0 Å². The Morgan fingerprint density at radius 3 is 2.37 bits per heavy atom. The fraction of sp³-hybridized carbons (Fsp3) is 0.238. The van der Waals surface area contributed by atoms with E-state index in [0.29, 0.717) is 28.2 Å². The Hall–Kier alpha value is -2.31. The van der Waals surface area contributed by atoms with E-state index in [0.717, 1.165) is 22.4 Å².